The number of aliphatic hydroxyl groups is 1. The Bertz CT molecular complexity index is 1050. The molecule has 2 saturated carbocycles. The van der Waals surface area contributed by atoms with Crippen molar-refractivity contribution in [1.29, 1.82) is 0 Å². The molecule has 5 unspecified atom stereocenters. The van der Waals surface area contributed by atoms with Crippen LogP contribution in [0.4, 0.5) is 8.78 Å². The zero-order valence-electron chi connectivity index (χ0n) is 20.6. The molecule has 2 aromatic carbocycles. The van der Waals surface area contributed by atoms with Gasteiger partial charge in [-0.1, -0.05) is 60.7 Å². The molecule has 6 heteroatoms. The fraction of sp³-hybridized carbons (Fsp3) is 0.552. The smallest absolute Gasteiger partial charge is 0.343 e. The van der Waals surface area contributed by atoms with Gasteiger partial charge in [0.05, 0.1) is 19.5 Å². The number of hydrogen-bond acceptors (Lipinski definition) is 3. The number of carbonyl (C=O) groups excluding carboxylic acids is 1. The van der Waals surface area contributed by atoms with E-state index in [-0.39, 0.29) is 36.9 Å². The average molecular weight is 485 g/mol. The van der Waals surface area contributed by atoms with Crippen LogP contribution in [0.15, 0.2) is 60.7 Å². The topological polar surface area (TPSA) is 46.5 Å². The zero-order valence-corrected chi connectivity index (χ0v) is 20.6. The van der Waals surface area contributed by atoms with Crippen LogP contribution >= 0.6 is 0 Å². The minimum absolute atomic E-state index is 0.118. The number of hydrogen-bond donors (Lipinski definition) is 1. The quantitative estimate of drug-likeness (QED) is 0.428. The van der Waals surface area contributed by atoms with Crippen LogP contribution in [0.1, 0.15) is 62.6 Å². The summed E-state index contributed by atoms with van der Waals surface area (Å²) in [4.78, 5) is 13.8. The highest BCUT2D eigenvalue weighted by Crippen LogP contribution is 2.51. The van der Waals surface area contributed by atoms with Crippen LogP contribution in [0.2, 0.25) is 0 Å². The summed E-state index contributed by atoms with van der Waals surface area (Å²) in [6.45, 7) is 3.11. The first-order valence-corrected chi connectivity index (χ1v) is 12.9. The Morgan fingerprint density at radius 1 is 1.09 bits per heavy atom. The van der Waals surface area contributed by atoms with Gasteiger partial charge in [0.25, 0.3) is 0 Å². The Morgan fingerprint density at radius 2 is 1.74 bits per heavy atom. The summed E-state index contributed by atoms with van der Waals surface area (Å²) in [6, 6.07) is 19.3. The summed E-state index contributed by atoms with van der Waals surface area (Å²) in [6.07, 6.45) is 1.53. The van der Waals surface area contributed by atoms with Crippen LogP contribution in [0.3, 0.4) is 0 Å². The predicted octanol–water partition coefficient (Wildman–Crippen LogP) is 5.61. The lowest BCUT2D eigenvalue weighted by molar-refractivity contribution is -0.954. The lowest BCUT2D eigenvalue weighted by Gasteiger charge is -2.44. The fourth-order valence-corrected chi connectivity index (χ4v) is 7.14. The molecule has 0 radical (unpaired) electrons. The van der Waals surface area contributed by atoms with Gasteiger partial charge in [-0.15, -0.1) is 0 Å². The Hall–Kier alpha value is -2.31. The molecule has 35 heavy (non-hydrogen) atoms. The number of ether oxygens (including phenoxy) is 1. The van der Waals surface area contributed by atoms with Crippen molar-refractivity contribution in [3.8, 4) is 0 Å². The molecule has 1 N–H and O–H groups in total. The maximum absolute atomic E-state index is 14.4. The zero-order chi connectivity index (χ0) is 24.8. The second-order valence-electron chi connectivity index (χ2n) is 11.2. The predicted molar refractivity (Wildman–Crippen MR) is 130 cm³/mol. The Labute approximate surface area is 206 Å². The molecule has 5 rings (SSSR count). The summed E-state index contributed by atoms with van der Waals surface area (Å²) >= 11 is 0. The van der Waals surface area contributed by atoms with Gasteiger partial charge in [-0.2, -0.15) is 0 Å². The lowest BCUT2D eigenvalue weighted by Crippen LogP contribution is -2.54. The van der Waals surface area contributed by atoms with Gasteiger partial charge in [-0.25, -0.2) is 13.6 Å². The largest absolute Gasteiger partial charge is 0.453 e. The molecule has 3 fully saturated rings. The highest BCUT2D eigenvalue weighted by atomic mass is 19.3. The number of piperidine rings is 1. The van der Waals surface area contributed by atoms with Crippen LogP contribution in [-0.4, -0.2) is 47.2 Å². The minimum atomic E-state index is -2.89. The number of rotatable bonds is 6. The Balaban J connectivity index is 1.42. The number of esters is 1. The third-order valence-electron chi connectivity index (χ3n) is 9.23. The van der Waals surface area contributed by atoms with Crippen molar-refractivity contribution >= 4 is 5.97 Å². The van der Waals surface area contributed by atoms with E-state index >= 15 is 0 Å². The molecule has 0 amide bonds. The van der Waals surface area contributed by atoms with Crippen molar-refractivity contribution in [3.63, 3.8) is 0 Å². The molecular formula is C29H36F2NO3+. The van der Waals surface area contributed by atoms with Crippen LogP contribution < -0.4 is 0 Å². The van der Waals surface area contributed by atoms with Crippen molar-refractivity contribution in [1.82, 2.24) is 0 Å². The van der Waals surface area contributed by atoms with Crippen molar-refractivity contribution in [2.45, 2.75) is 75.2 Å². The van der Waals surface area contributed by atoms with Crippen molar-refractivity contribution < 1.29 is 27.9 Å². The summed E-state index contributed by atoms with van der Waals surface area (Å²) < 4.78 is 35.7. The number of benzene rings is 2. The van der Waals surface area contributed by atoms with Crippen LogP contribution in [-0.2, 0) is 15.1 Å². The summed E-state index contributed by atoms with van der Waals surface area (Å²) in [5.74, 6) is -4.34. The summed E-state index contributed by atoms with van der Waals surface area (Å²) in [5, 5.41) is 11.9. The van der Waals surface area contributed by atoms with Crippen LogP contribution in [0.25, 0.3) is 0 Å². The van der Waals surface area contributed by atoms with E-state index < -0.39 is 29.8 Å². The standard InChI is InChI=1S/C29H36F2NO3/c1-20(21-10-5-3-6-11-21)32(2)19-22-15-16-25(32)26(22)35-27(33)29(34,23-12-7-4-8-13-23)24-14-9-17-28(30,31)18-24/h3-8,10-13,20,22,24-26,34H,9,14-19H2,1-2H3/q+1/t20-,22?,24?,25+,26?,29?,32?/m0/s1. The normalized spacial score (nSPS) is 34.2. The van der Waals surface area contributed by atoms with Gasteiger partial charge in [0.1, 0.15) is 12.1 Å². The van der Waals surface area contributed by atoms with E-state index in [0.29, 0.717) is 12.0 Å². The molecule has 188 valence electrons. The molecule has 3 aliphatic rings. The first-order chi connectivity index (χ1) is 16.6. The van der Waals surface area contributed by atoms with E-state index in [1.54, 1.807) is 30.3 Å². The first kappa shape index (κ1) is 24.4. The number of fused-ring (bicyclic) bond motifs is 2. The maximum atomic E-state index is 14.4. The summed E-state index contributed by atoms with van der Waals surface area (Å²) in [7, 11) is 2.23. The first-order valence-electron chi connectivity index (χ1n) is 12.9. The van der Waals surface area contributed by atoms with Gasteiger partial charge in [0.2, 0.25) is 5.92 Å². The molecule has 1 aliphatic heterocycles. The SMILES string of the molecule is C[C@@H](c1ccccc1)[N+]1(C)CC2CC[C@@H]1C2OC(=O)C(O)(c1ccccc1)C1CCCC(F)(F)C1. The molecule has 2 aliphatic carbocycles. The van der Waals surface area contributed by atoms with Gasteiger partial charge in [0.15, 0.2) is 11.7 Å². The number of alkyl halides is 2. The number of quaternary nitrogens is 1. The molecule has 0 spiro atoms. The minimum Gasteiger partial charge on any atom is -0.453 e. The fourth-order valence-electron chi connectivity index (χ4n) is 7.14. The van der Waals surface area contributed by atoms with E-state index in [9.17, 15) is 18.7 Å². The monoisotopic (exact) mass is 484 g/mol. The summed E-state index contributed by atoms with van der Waals surface area (Å²) in [5.41, 5.74) is -0.493. The molecule has 2 aromatic rings. The van der Waals surface area contributed by atoms with Crippen LogP contribution in [0, 0.1) is 11.8 Å². The van der Waals surface area contributed by atoms with Crippen LogP contribution in [0.5, 0.6) is 0 Å². The third kappa shape index (κ3) is 4.19. The van der Waals surface area contributed by atoms with Crippen molar-refractivity contribution in [2.75, 3.05) is 13.6 Å². The molecule has 1 saturated heterocycles. The molecule has 7 atom stereocenters. The number of likely N-dealkylation sites (N-methyl/N-ethyl adjacent to an activating group) is 1. The highest BCUT2D eigenvalue weighted by molar-refractivity contribution is 5.82. The molecule has 2 bridgehead atoms. The number of likely N-dealkylation sites (tertiary alicyclic amines) is 1. The van der Waals surface area contributed by atoms with Gasteiger partial charge in [-0.3, -0.25) is 0 Å². The van der Waals surface area contributed by atoms with Gasteiger partial charge in [0, 0.05) is 30.7 Å². The van der Waals surface area contributed by atoms with Gasteiger partial charge in [-0.05, 0) is 31.7 Å². The number of carbonyl (C=O) groups is 1. The molecular weight excluding hydrogens is 448 g/mol. The molecule has 0 aromatic heterocycles. The van der Waals surface area contributed by atoms with E-state index in [0.717, 1.165) is 23.9 Å². The second-order valence-corrected chi connectivity index (χ2v) is 11.2. The third-order valence-corrected chi connectivity index (χ3v) is 9.23. The van der Waals surface area contributed by atoms with Gasteiger partial charge >= 0.3 is 5.97 Å². The van der Waals surface area contributed by atoms with Gasteiger partial charge < -0.3 is 14.3 Å². The van der Waals surface area contributed by atoms with E-state index in [2.05, 4.69) is 26.1 Å². The van der Waals surface area contributed by atoms with Crippen molar-refractivity contribution in [2.24, 2.45) is 11.8 Å². The maximum Gasteiger partial charge on any atom is 0.343 e. The lowest BCUT2D eigenvalue weighted by atomic mass is 9.72. The van der Waals surface area contributed by atoms with E-state index in [4.69, 9.17) is 4.74 Å². The van der Waals surface area contributed by atoms with E-state index in [1.165, 1.54) is 5.56 Å². The molecule has 1 heterocycles. The Kier molecular flexibility index (Phi) is 6.25. The Morgan fingerprint density at radius 3 is 2.40 bits per heavy atom. The number of halogens is 2. The van der Waals surface area contributed by atoms with Crippen molar-refractivity contribution in [3.05, 3.63) is 71.8 Å². The highest BCUT2D eigenvalue weighted by Gasteiger charge is 2.61. The molecule has 4 nitrogen and oxygen atoms in total. The number of nitrogens with zero attached hydrogens (tertiary/aromatic N) is 1. The average Bonchev–Trinajstić information content (AvgIpc) is 3.37. The second kappa shape index (κ2) is 8.97. The van der Waals surface area contributed by atoms with E-state index in [1.807, 2.05) is 18.2 Å².